The number of pyridine rings is 1. The van der Waals surface area contributed by atoms with Gasteiger partial charge in [-0.2, -0.15) is 9.97 Å². The molecule has 0 aromatic carbocycles. The predicted molar refractivity (Wildman–Crippen MR) is 96.2 cm³/mol. The molecule has 9 heteroatoms. The standard InChI is InChI=1S/C16H22N4O4S/c1-5-8-25(22,23)19-14-9-13(17-16(18-14)24-11(2)3)12-6-7-15(21)20(4)10-12/h6-7,9-11H,5,8H2,1-4H3,(H,17,18,19). The van der Waals surface area contributed by atoms with Gasteiger partial charge in [0.05, 0.1) is 17.6 Å². The van der Waals surface area contributed by atoms with Crippen molar-refractivity contribution in [2.24, 2.45) is 7.05 Å². The average Bonchev–Trinajstić information content (AvgIpc) is 2.48. The molecule has 0 amide bonds. The third kappa shape index (κ3) is 5.28. The molecule has 2 aromatic heterocycles. The molecule has 25 heavy (non-hydrogen) atoms. The van der Waals surface area contributed by atoms with Gasteiger partial charge in [0.1, 0.15) is 5.82 Å². The Morgan fingerprint density at radius 1 is 1.28 bits per heavy atom. The zero-order valence-electron chi connectivity index (χ0n) is 14.7. The van der Waals surface area contributed by atoms with Crippen LogP contribution in [0.1, 0.15) is 27.2 Å². The summed E-state index contributed by atoms with van der Waals surface area (Å²) in [6.07, 6.45) is 1.94. The maximum absolute atomic E-state index is 12.0. The first kappa shape index (κ1) is 18.9. The second kappa shape index (κ2) is 7.64. The number of anilines is 1. The van der Waals surface area contributed by atoms with E-state index in [9.17, 15) is 13.2 Å². The minimum Gasteiger partial charge on any atom is -0.461 e. The molecule has 0 saturated heterocycles. The lowest BCUT2D eigenvalue weighted by Crippen LogP contribution is -2.18. The number of rotatable bonds is 7. The average molecular weight is 366 g/mol. The van der Waals surface area contributed by atoms with Crippen molar-refractivity contribution in [3.8, 4) is 17.3 Å². The van der Waals surface area contributed by atoms with Gasteiger partial charge in [-0.25, -0.2) is 8.42 Å². The van der Waals surface area contributed by atoms with E-state index in [1.54, 1.807) is 26.2 Å². The van der Waals surface area contributed by atoms with Crippen LogP contribution in [0.4, 0.5) is 5.82 Å². The third-order valence-corrected chi connectivity index (χ3v) is 4.63. The van der Waals surface area contributed by atoms with Crippen molar-refractivity contribution < 1.29 is 13.2 Å². The summed E-state index contributed by atoms with van der Waals surface area (Å²) in [5.41, 5.74) is 0.949. The van der Waals surface area contributed by atoms with Crippen molar-refractivity contribution >= 4 is 15.8 Å². The zero-order chi connectivity index (χ0) is 18.6. The van der Waals surface area contributed by atoms with Crippen LogP contribution in [0.25, 0.3) is 11.3 Å². The summed E-state index contributed by atoms with van der Waals surface area (Å²) >= 11 is 0. The van der Waals surface area contributed by atoms with Crippen LogP contribution in [0.3, 0.4) is 0 Å². The highest BCUT2D eigenvalue weighted by atomic mass is 32.2. The number of hydrogen-bond acceptors (Lipinski definition) is 6. The molecule has 0 fully saturated rings. The molecular weight excluding hydrogens is 344 g/mol. The van der Waals surface area contributed by atoms with Crippen LogP contribution in [0.15, 0.2) is 29.2 Å². The Morgan fingerprint density at radius 2 is 2.00 bits per heavy atom. The Balaban J connectivity index is 2.49. The Bertz CT molecular complexity index is 907. The molecule has 0 radical (unpaired) electrons. The van der Waals surface area contributed by atoms with Crippen LogP contribution < -0.4 is 15.0 Å². The zero-order valence-corrected chi connectivity index (χ0v) is 15.5. The highest BCUT2D eigenvalue weighted by Gasteiger charge is 2.14. The lowest BCUT2D eigenvalue weighted by molar-refractivity contribution is 0.223. The van der Waals surface area contributed by atoms with Crippen molar-refractivity contribution in [1.82, 2.24) is 14.5 Å². The molecular formula is C16H22N4O4S. The summed E-state index contributed by atoms with van der Waals surface area (Å²) in [6, 6.07) is 4.62. The monoisotopic (exact) mass is 366 g/mol. The number of hydrogen-bond donors (Lipinski definition) is 1. The number of nitrogens with one attached hydrogen (secondary N) is 1. The summed E-state index contributed by atoms with van der Waals surface area (Å²) in [6.45, 7) is 5.43. The molecule has 2 aromatic rings. The van der Waals surface area contributed by atoms with Gasteiger partial charge in [0.2, 0.25) is 15.6 Å². The van der Waals surface area contributed by atoms with Crippen molar-refractivity contribution in [3.63, 3.8) is 0 Å². The molecule has 0 aliphatic rings. The molecule has 2 heterocycles. The number of nitrogens with zero attached hydrogens (tertiary/aromatic N) is 3. The van der Waals surface area contributed by atoms with Gasteiger partial charge in [0.15, 0.2) is 0 Å². The lowest BCUT2D eigenvalue weighted by atomic mass is 10.2. The largest absolute Gasteiger partial charge is 0.461 e. The first-order chi connectivity index (χ1) is 11.7. The van der Waals surface area contributed by atoms with E-state index in [0.29, 0.717) is 17.7 Å². The number of aromatic nitrogens is 3. The minimum atomic E-state index is -3.49. The second-order valence-electron chi connectivity index (χ2n) is 5.88. The van der Waals surface area contributed by atoms with Gasteiger partial charge >= 0.3 is 6.01 Å². The van der Waals surface area contributed by atoms with Gasteiger partial charge in [-0.05, 0) is 26.3 Å². The van der Waals surface area contributed by atoms with E-state index in [1.165, 1.54) is 16.7 Å². The highest BCUT2D eigenvalue weighted by molar-refractivity contribution is 7.92. The van der Waals surface area contributed by atoms with Crippen molar-refractivity contribution in [3.05, 3.63) is 34.7 Å². The molecule has 0 saturated carbocycles. The Labute approximate surface area is 146 Å². The van der Waals surface area contributed by atoms with E-state index in [-0.39, 0.29) is 29.2 Å². The summed E-state index contributed by atoms with van der Waals surface area (Å²) in [7, 11) is -1.87. The van der Waals surface area contributed by atoms with E-state index >= 15 is 0 Å². The van der Waals surface area contributed by atoms with Gasteiger partial charge in [0.25, 0.3) is 0 Å². The molecule has 136 valence electrons. The SMILES string of the molecule is CCCS(=O)(=O)Nc1cc(-c2ccc(=O)n(C)c2)nc(OC(C)C)n1. The molecule has 0 unspecified atom stereocenters. The molecule has 0 aliphatic heterocycles. The summed E-state index contributed by atoms with van der Waals surface area (Å²) in [5.74, 6) is 0.120. The van der Waals surface area contributed by atoms with Crippen molar-refractivity contribution in [2.75, 3.05) is 10.5 Å². The Morgan fingerprint density at radius 3 is 2.60 bits per heavy atom. The van der Waals surface area contributed by atoms with Crippen LogP contribution in [0.2, 0.25) is 0 Å². The summed E-state index contributed by atoms with van der Waals surface area (Å²) < 4.78 is 33.4. The van der Waals surface area contributed by atoms with Gasteiger partial charge in [0, 0.05) is 30.9 Å². The topological polar surface area (TPSA) is 103 Å². The fourth-order valence-electron chi connectivity index (χ4n) is 2.11. The normalized spacial score (nSPS) is 11.6. The van der Waals surface area contributed by atoms with Crippen LogP contribution in [0.5, 0.6) is 6.01 Å². The smallest absolute Gasteiger partial charge is 0.319 e. The minimum absolute atomic E-state index is 0.00739. The summed E-state index contributed by atoms with van der Waals surface area (Å²) in [4.78, 5) is 20.0. The molecule has 2 rings (SSSR count). The number of aryl methyl sites for hydroxylation is 1. The van der Waals surface area contributed by atoms with E-state index in [4.69, 9.17) is 4.74 Å². The first-order valence-corrected chi connectivity index (χ1v) is 9.58. The quantitative estimate of drug-likeness (QED) is 0.801. The van der Waals surface area contributed by atoms with E-state index in [2.05, 4.69) is 14.7 Å². The van der Waals surface area contributed by atoms with E-state index < -0.39 is 10.0 Å². The third-order valence-electron chi connectivity index (χ3n) is 3.16. The van der Waals surface area contributed by atoms with Gasteiger partial charge in [-0.1, -0.05) is 6.92 Å². The van der Waals surface area contributed by atoms with Crippen LogP contribution in [-0.4, -0.2) is 34.8 Å². The van der Waals surface area contributed by atoms with Crippen LogP contribution >= 0.6 is 0 Å². The fourth-order valence-corrected chi connectivity index (χ4v) is 3.18. The van der Waals surface area contributed by atoms with Crippen molar-refractivity contribution in [2.45, 2.75) is 33.3 Å². The maximum atomic E-state index is 12.0. The Hall–Kier alpha value is -2.42. The molecule has 0 atom stereocenters. The highest BCUT2D eigenvalue weighted by Crippen LogP contribution is 2.22. The van der Waals surface area contributed by atoms with Gasteiger partial charge in [-0.3, -0.25) is 9.52 Å². The molecule has 8 nitrogen and oxygen atoms in total. The lowest BCUT2D eigenvalue weighted by Gasteiger charge is -2.13. The van der Waals surface area contributed by atoms with Crippen LogP contribution in [0, 0.1) is 0 Å². The van der Waals surface area contributed by atoms with Gasteiger partial charge in [-0.15, -0.1) is 0 Å². The van der Waals surface area contributed by atoms with E-state index in [0.717, 1.165) is 0 Å². The number of ether oxygens (including phenoxy) is 1. The predicted octanol–water partition coefficient (Wildman–Crippen LogP) is 1.78. The second-order valence-corrected chi connectivity index (χ2v) is 7.72. The molecule has 0 spiro atoms. The van der Waals surface area contributed by atoms with E-state index in [1.807, 2.05) is 13.8 Å². The van der Waals surface area contributed by atoms with Crippen molar-refractivity contribution in [1.29, 1.82) is 0 Å². The maximum Gasteiger partial charge on any atom is 0.319 e. The molecule has 1 N–H and O–H groups in total. The van der Waals surface area contributed by atoms with Crippen LogP contribution in [-0.2, 0) is 17.1 Å². The number of sulfonamides is 1. The first-order valence-electron chi connectivity index (χ1n) is 7.93. The Kier molecular flexibility index (Phi) is 5.78. The fraction of sp³-hybridized carbons (Fsp3) is 0.438. The summed E-state index contributed by atoms with van der Waals surface area (Å²) in [5, 5.41) is 0. The van der Waals surface area contributed by atoms with Gasteiger partial charge < -0.3 is 9.30 Å². The molecule has 0 aliphatic carbocycles. The molecule has 0 bridgehead atoms.